The molecule has 0 spiro atoms. The minimum Gasteiger partial charge on any atom is -0.480 e. The molecular formula is C17H15Br2NO5S. The summed E-state index contributed by atoms with van der Waals surface area (Å²) in [5.41, 5.74) is 0.691. The van der Waals surface area contributed by atoms with Crippen molar-refractivity contribution in [3.8, 4) is 5.75 Å². The largest absolute Gasteiger partial charge is 0.480 e. The van der Waals surface area contributed by atoms with Crippen LogP contribution in [0.25, 0.3) is 6.08 Å². The van der Waals surface area contributed by atoms with Gasteiger partial charge in [0, 0.05) is 6.54 Å². The van der Waals surface area contributed by atoms with Crippen molar-refractivity contribution in [2.24, 2.45) is 0 Å². The predicted molar refractivity (Wildman–Crippen MR) is 107 cm³/mol. The maximum atomic E-state index is 12.3. The van der Waals surface area contributed by atoms with Crippen molar-refractivity contribution in [2.75, 3.05) is 19.8 Å². The Bertz CT molecular complexity index is 770. The fourth-order valence-electron chi connectivity index (χ4n) is 2.07. The Morgan fingerprint density at radius 2 is 1.96 bits per heavy atom. The second kappa shape index (κ2) is 9.38. The van der Waals surface area contributed by atoms with E-state index in [0.29, 0.717) is 25.2 Å². The third-order valence-electron chi connectivity index (χ3n) is 3.14. The Labute approximate surface area is 171 Å². The first-order valence-corrected chi connectivity index (χ1v) is 9.91. The third-order valence-corrected chi connectivity index (χ3v) is 5.23. The van der Waals surface area contributed by atoms with Gasteiger partial charge in [-0.05, 0) is 74.3 Å². The molecule has 0 atom stereocenters. The second-order valence-corrected chi connectivity index (χ2v) is 7.69. The Morgan fingerprint density at radius 3 is 2.54 bits per heavy atom. The van der Waals surface area contributed by atoms with Gasteiger partial charge in [0.05, 0.1) is 20.5 Å². The minimum atomic E-state index is -0.466. The maximum absolute atomic E-state index is 12.3. The van der Waals surface area contributed by atoms with Crippen LogP contribution in [-0.4, -0.2) is 41.8 Å². The normalized spacial score (nSPS) is 15.5. The Hall–Kier alpha value is -1.58. The molecule has 138 valence electrons. The average molecular weight is 505 g/mol. The summed E-state index contributed by atoms with van der Waals surface area (Å²) in [6.07, 6.45) is 3.13. The van der Waals surface area contributed by atoms with Crippen LogP contribution in [0, 0.1) is 0 Å². The van der Waals surface area contributed by atoms with Crippen molar-refractivity contribution in [3.63, 3.8) is 0 Å². The second-order valence-electron chi connectivity index (χ2n) is 4.99. The minimum absolute atomic E-state index is 0.177. The summed E-state index contributed by atoms with van der Waals surface area (Å²) < 4.78 is 11.5. The number of hydrogen-bond donors (Lipinski definition) is 0. The van der Waals surface area contributed by atoms with Gasteiger partial charge in [-0.25, -0.2) is 4.79 Å². The number of thioether (sulfide) groups is 1. The molecule has 26 heavy (non-hydrogen) atoms. The molecule has 9 heteroatoms. The molecule has 6 nitrogen and oxygen atoms in total. The quantitative estimate of drug-likeness (QED) is 0.312. The molecule has 1 heterocycles. The highest BCUT2D eigenvalue weighted by Gasteiger charge is 2.34. The van der Waals surface area contributed by atoms with Gasteiger partial charge in [0.15, 0.2) is 6.61 Å². The number of carbonyl (C=O) groups excluding carboxylic acids is 3. The third kappa shape index (κ3) is 4.99. The van der Waals surface area contributed by atoms with E-state index in [-0.39, 0.29) is 30.9 Å². The van der Waals surface area contributed by atoms with E-state index in [1.54, 1.807) is 25.1 Å². The van der Waals surface area contributed by atoms with Crippen LogP contribution in [0.15, 0.2) is 38.6 Å². The lowest BCUT2D eigenvalue weighted by atomic mass is 10.2. The van der Waals surface area contributed by atoms with Crippen LogP contribution < -0.4 is 4.74 Å². The lowest BCUT2D eigenvalue weighted by Crippen LogP contribution is -2.27. The molecule has 1 fully saturated rings. The number of hydrogen-bond acceptors (Lipinski definition) is 6. The van der Waals surface area contributed by atoms with E-state index >= 15 is 0 Å². The molecule has 1 aliphatic heterocycles. The molecule has 1 saturated heterocycles. The predicted octanol–water partition coefficient (Wildman–Crippen LogP) is 4.38. The summed E-state index contributed by atoms with van der Waals surface area (Å²) in [5, 5.41) is -0.325. The molecule has 2 rings (SSSR count). The number of halogens is 2. The van der Waals surface area contributed by atoms with Crippen LogP contribution in [0.2, 0.25) is 0 Å². The van der Waals surface area contributed by atoms with Gasteiger partial charge in [0.2, 0.25) is 0 Å². The van der Waals surface area contributed by atoms with Crippen LogP contribution in [0.4, 0.5) is 4.79 Å². The van der Waals surface area contributed by atoms with Crippen LogP contribution in [-0.2, 0) is 14.3 Å². The first-order chi connectivity index (χ1) is 12.4. The summed E-state index contributed by atoms with van der Waals surface area (Å²) in [6.45, 7) is 5.50. The van der Waals surface area contributed by atoms with Crippen molar-refractivity contribution in [1.82, 2.24) is 4.90 Å². The zero-order valence-electron chi connectivity index (χ0n) is 13.8. The number of nitrogens with zero attached hydrogens (tertiary/aromatic N) is 1. The first-order valence-electron chi connectivity index (χ1n) is 7.51. The number of ether oxygens (including phenoxy) is 2. The van der Waals surface area contributed by atoms with Crippen molar-refractivity contribution in [3.05, 3.63) is 44.2 Å². The van der Waals surface area contributed by atoms with Crippen LogP contribution in [0.1, 0.15) is 12.5 Å². The van der Waals surface area contributed by atoms with Crippen LogP contribution in [0.5, 0.6) is 5.75 Å². The lowest BCUT2D eigenvalue weighted by molar-refractivity contribution is -0.145. The lowest BCUT2D eigenvalue weighted by Gasteiger charge is -2.11. The molecule has 0 aliphatic carbocycles. The number of rotatable bonds is 7. The number of esters is 1. The highest BCUT2D eigenvalue weighted by atomic mass is 79.9. The highest BCUT2D eigenvalue weighted by Crippen LogP contribution is 2.37. The van der Waals surface area contributed by atoms with E-state index in [1.807, 2.05) is 0 Å². The van der Waals surface area contributed by atoms with Crippen molar-refractivity contribution in [1.29, 1.82) is 0 Å². The van der Waals surface area contributed by atoms with Crippen molar-refractivity contribution < 1.29 is 23.9 Å². The molecular weight excluding hydrogens is 490 g/mol. The summed E-state index contributed by atoms with van der Waals surface area (Å²) in [7, 11) is 0. The molecule has 1 aromatic rings. The molecule has 0 aromatic heterocycles. The van der Waals surface area contributed by atoms with E-state index in [9.17, 15) is 14.4 Å². The van der Waals surface area contributed by atoms with E-state index in [4.69, 9.17) is 9.47 Å². The highest BCUT2D eigenvalue weighted by molar-refractivity contribution is 9.11. The fraction of sp³-hybridized carbons (Fsp3) is 0.235. The monoisotopic (exact) mass is 503 g/mol. The molecule has 2 amide bonds. The molecule has 1 aliphatic rings. The zero-order valence-corrected chi connectivity index (χ0v) is 17.8. The molecule has 1 aromatic carbocycles. The standard InChI is InChI=1S/C17H15Br2NO5S/c1-3-5-20-16(22)13(26-17(20)23)8-10-6-11(18)15(12(19)7-10)25-9-14(21)24-4-2/h3,6-8H,1,4-5,9H2,2H3/b13-8+. The van der Waals surface area contributed by atoms with Gasteiger partial charge in [-0.1, -0.05) is 6.08 Å². The van der Waals surface area contributed by atoms with Crippen molar-refractivity contribution >= 4 is 66.8 Å². The molecule has 0 bridgehead atoms. The topological polar surface area (TPSA) is 72.9 Å². The molecule has 0 radical (unpaired) electrons. The Morgan fingerprint density at radius 1 is 1.31 bits per heavy atom. The summed E-state index contributed by atoms with van der Waals surface area (Å²) in [4.78, 5) is 37.0. The first kappa shape index (κ1) is 20.7. The van der Waals surface area contributed by atoms with Gasteiger partial charge >= 0.3 is 5.97 Å². The number of amides is 2. The van der Waals surface area contributed by atoms with Gasteiger partial charge in [-0.15, -0.1) is 6.58 Å². The zero-order chi connectivity index (χ0) is 19.3. The van der Waals surface area contributed by atoms with Gasteiger partial charge in [-0.2, -0.15) is 0 Å². The molecule has 0 saturated carbocycles. The van der Waals surface area contributed by atoms with Crippen molar-refractivity contribution in [2.45, 2.75) is 6.92 Å². The smallest absolute Gasteiger partial charge is 0.344 e. The van der Waals surface area contributed by atoms with E-state index in [0.717, 1.165) is 16.7 Å². The number of carbonyl (C=O) groups is 3. The number of benzene rings is 1. The summed E-state index contributed by atoms with van der Waals surface area (Å²) in [5.74, 6) is -0.379. The van der Waals surface area contributed by atoms with E-state index in [2.05, 4.69) is 38.4 Å². The molecule has 0 unspecified atom stereocenters. The van der Waals surface area contributed by atoms with Gasteiger partial charge in [0.25, 0.3) is 11.1 Å². The average Bonchev–Trinajstić information content (AvgIpc) is 2.82. The van der Waals surface area contributed by atoms with Crippen LogP contribution in [0.3, 0.4) is 0 Å². The van der Waals surface area contributed by atoms with Crippen LogP contribution >= 0.6 is 43.6 Å². The van der Waals surface area contributed by atoms with Gasteiger partial charge < -0.3 is 9.47 Å². The fourth-order valence-corrected chi connectivity index (χ4v) is 4.37. The summed E-state index contributed by atoms with van der Waals surface area (Å²) in [6, 6.07) is 3.46. The maximum Gasteiger partial charge on any atom is 0.344 e. The van der Waals surface area contributed by atoms with E-state index < -0.39 is 5.97 Å². The number of imide groups is 1. The Kier molecular flexibility index (Phi) is 7.48. The summed E-state index contributed by atoms with van der Waals surface area (Å²) >= 11 is 7.64. The molecule has 0 N–H and O–H groups in total. The van der Waals surface area contributed by atoms with E-state index in [1.165, 1.54) is 6.08 Å². The van der Waals surface area contributed by atoms with Gasteiger partial charge in [-0.3, -0.25) is 14.5 Å². The Balaban J connectivity index is 2.19. The van der Waals surface area contributed by atoms with Gasteiger partial charge in [0.1, 0.15) is 5.75 Å². The SMILES string of the molecule is C=CCN1C(=O)S/C(=C/c2cc(Br)c(OCC(=O)OCC)c(Br)c2)C1=O.